The summed E-state index contributed by atoms with van der Waals surface area (Å²) in [6.07, 6.45) is 0. The molecule has 8 nitrogen and oxygen atoms in total. The van der Waals surface area contributed by atoms with Gasteiger partial charge in [-0.1, -0.05) is 6.92 Å². The topological polar surface area (TPSA) is 91.8 Å². The third-order valence-electron chi connectivity index (χ3n) is 5.21. The van der Waals surface area contributed by atoms with Crippen molar-refractivity contribution in [2.45, 2.75) is 22.2 Å². The summed E-state index contributed by atoms with van der Waals surface area (Å²) in [7, 11) is 0.892. The molecular formula is C19H18F3N5O3S2. The van der Waals surface area contributed by atoms with Gasteiger partial charge in [0.2, 0.25) is 0 Å². The number of pyridine rings is 1. The minimum Gasteiger partial charge on any atom is -0.326 e. The van der Waals surface area contributed by atoms with Crippen molar-refractivity contribution in [1.82, 2.24) is 23.7 Å². The van der Waals surface area contributed by atoms with Crippen molar-refractivity contribution in [1.29, 1.82) is 0 Å². The molecule has 0 spiro atoms. The Labute approximate surface area is 184 Å². The second kappa shape index (κ2) is 7.37. The molecule has 0 aliphatic heterocycles. The number of hydrogen-bond acceptors (Lipinski definition) is 6. The number of alkyl halides is 3. The molecule has 0 atom stereocenters. The summed E-state index contributed by atoms with van der Waals surface area (Å²) in [6.45, 7) is 1.49. The summed E-state index contributed by atoms with van der Waals surface area (Å²) in [4.78, 5) is 21.1. The molecule has 0 fully saturated rings. The molecule has 0 N–H and O–H groups in total. The van der Waals surface area contributed by atoms with Gasteiger partial charge in [0.1, 0.15) is 5.69 Å². The van der Waals surface area contributed by atoms with Gasteiger partial charge in [-0.05, 0) is 36.0 Å². The minimum absolute atomic E-state index is 0.0317. The molecule has 0 radical (unpaired) electrons. The Balaban J connectivity index is 2.03. The zero-order valence-corrected chi connectivity index (χ0v) is 19.1. The number of nitrogens with zero attached hydrogens (tertiary/aromatic N) is 5. The molecule has 0 amide bonds. The Hall–Kier alpha value is -2.80. The summed E-state index contributed by atoms with van der Waals surface area (Å²) in [5.74, 6) is -0.0380. The van der Waals surface area contributed by atoms with Gasteiger partial charge in [0.25, 0.3) is 0 Å². The number of hydrogen-bond donors (Lipinski definition) is 0. The normalized spacial score (nSPS) is 12.8. The van der Waals surface area contributed by atoms with Gasteiger partial charge in [-0.25, -0.2) is 23.2 Å². The molecule has 13 heteroatoms. The number of thioether (sulfide) groups is 1. The van der Waals surface area contributed by atoms with Crippen LogP contribution in [0.5, 0.6) is 0 Å². The number of halogens is 3. The third kappa shape index (κ3) is 3.58. The standard InChI is InChI=1S/C19H18F3N5O3S2/c1-5-32(29,30)14-9-13-16(27(4)18(28)26(13)3)24-15(14)17-23-11-8-10(31-19(20,21)22)6-7-12(11)25(17)2/h6-9H,5H2,1-4H3. The van der Waals surface area contributed by atoms with E-state index in [-0.39, 0.29) is 55.7 Å². The number of fused-ring (bicyclic) bond motifs is 2. The summed E-state index contributed by atoms with van der Waals surface area (Å²) in [5.41, 5.74) is -3.40. The fourth-order valence-electron chi connectivity index (χ4n) is 3.53. The third-order valence-corrected chi connectivity index (χ3v) is 7.68. The van der Waals surface area contributed by atoms with Crippen molar-refractivity contribution < 1.29 is 21.6 Å². The number of rotatable bonds is 4. The van der Waals surface area contributed by atoms with Crippen LogP contribution in [0, 0.1) is 0 Å². The van der Waals surface area contributed by atoms with Crippen molar-refractivity contribution in [3.63, 3.8) is 0 Å². The number of imidazole rings is 2. The van der Waals surface area contributed by atoms with Gasteiger partial charge in [0, 0.05) is 26.0 Å². The van der Waals surface area contributed by atoms with E-state index in [1.54, 1.807) is 11.6 Å². The Morgan fingerprint density at radius 3 is 2.31 bits per heavy atom. The molecule has 0 bridgehead atoms. The number of aromatic nitrogens is 5. The van der Waals surface area contributed by atoms with Crippen LogP contribution in [0.4, 0.5) is 13.2 Å². The maximum atomic E-state index is 12.9. The molecule has 4 rings (SSSR count). The van der Waals surface area contributed by atoms with Crippen LogP contribution in [-0.2, 0) is 31.0 Å². The van der Waals surface area contributed by atoms with Crippen molar-refractivity contribution in [2.24, 2.45) is 21.1 Å². The summed E-state index contributed by atoms with van der Waals surface area (Å²) >= 11 is -0.256. The second-order valence-corrected chi connectivity index (χ2v) is 10.6. The molecule has 32 heavy (non-hydrogen) atoms. The first-order valence-electron chi connectivity index (χ1n) is 9.36. The maximum Gasteiger partial charge on any atom is 0.446 e. The highest BCUT2D eigenvalue weighted by atomic mass is 32.2. The maximum absolute atomic E-state index is 12.9. The van der Waals surface area contributed by atoms with E-state index in [1.165, 1.54) is 54.4 Å². The first-order valence-corrected chi connectivity index (χ1v) is 11.8. The van der Waals surface area contributed by atoms with Gasteiger partial charge in [0.15, 0.2) is 21.3 Å². The van der Waals surface area contributed by atoms with Gasteiger partial charge in [0.05, 0.1) is 27.2 Å². The lowest BCUT2D eigenvalue weighted by molar-refractivity contribution is -0.0328. The van der Waals surface area contributed by atoms with Crippen LogP contribution in [0.25, 0.3) is 33.7 Å². The lowest BCUT2D eigenvalue weighted by Crippen LogP contribution is -2.19. The number of sulfone groups is 1. The van der Waals surface area contributed by atoms with Crippen LogP contribution in [0.2, 0.25) is 0 Å². The van der Waals surface area contributed by atoms with Gasteiger partial charge in [-0.15, -0.1) is 0 Å². The van der Waals surface area contributed by atoms with Crippen molar-refractivity contribution in [2.75, 3.05) is 5.75 Å². The van der Waals surface area contributed by atoms with E-state index in [0.717, 1.165) is 0 Å². The quantitative estimate of drug-likeness (QED) is 0.412. The first-order chi connectivity index (χ1) is 14.8. The Morgan fingerprint density at radius 1 is 1.00 bits per heavy atom. The van der Waals surface area contributed by atoms with Crippen LogP contribution in [0.15, 0.2) is 38.9 Å². The molecule has 170 valence electrons. The lowest BCUT2D eigenvalue weighted by Gasteiger charge is -2.10. The zero-order valence-electron chi connectivity index (χ0n) is 17.4. The highest BCUT2D eigenvalue weighted by Gasteiger charge is 2.30. The molecule has 0 aliphatic rings. The van der Waals surface area contributed by atoms with Gasteiger partial charge in [-0.2, -0.15) is 13.2 Å². The van der Waals surface area contributed by atoms with Crippen LogP contribution in [0.1, 0.15) is 6.92 Å². The number of aryl methyl sites for hydroxylation is 3. The smallest absolute Gasteiger partial charge is 0.326 e. The highest BCUT2D eigenvalue weighted by Crippen LogP contribution is 2.38. The lowest BCUT2D eigenvalue weighted by atomic mass is 10.3. The second-order valence-electron chi connectivity index (χ2n) is 7.17. The average Bonchev–Trinajstić information content (AvgIpc) is 3.15. The van der Waals surface area contributed by atoms with E-state index < -0.39 is 15.3 Å². The molecule has 0 saturated carbocycles. The number of benzene rings is 1. The van der Waals surface area contributed by atoms with Crippen LogP contribution in [-0.4, -0.2) is 43.3 Å². The van der Waals surface area contributed by atoms with E-state index in [1.807, 2.05) is 0 Å². The van der Waals surface area contributed by atoms with Crippen molar-refractivity contribution in [3.05, 3.63) is 34.7 Å². The summed E-state index contributed by atoms with van der Waals surface area (Å²) in [6, 6.07) is 5.50. The summed E-state index contributed by atoms with van der Waals surface area (Å²) < 4.78 is 68.2. The van der Waals surface area contributed by atoms with E-state index >= 15 is 0 Å². The van der Waals surface area contributed by atoms with Gasteiger partial charge < -0.3 is 4.57 Å². The van der Waals surface area contributed by atoms with E-state index in [0.29, 0.717) is 11.0 Å². The van der Waals surface area contributed by atoms with Crippen molar-refractivity contribution >= 4 is 43.8 Å². The molecule has 1 aromatic carbocycles. The van der Waals surface area contributed by atoms with Crippen LogP contribution in [0.3, 0.4) is 0 Å². The van der Waals surface area contributed by atoms with Crippen LogP contribution >= 0.6 is 11.8 Å². The fraction of sp³-hybridized carbons (Fsp3) is 0.316. The van der Waals surface area contributed by atoms with E-state index in [2.05, 4.69) is 9.97 Å². The SMILES string of the molecule is CCS(=O)(=O)c1cc2c(nc1-c1nc3cc(SC(F)(F)F)ccc3n1C)n(C)c(=O)n2C. The average molecular weight is 486 g/mol. The highest BCUT2D eigenvalue weighted by molar-refractivity contribution is 8.00. The fourth-order valence-corrected chi connectivity index (χ4v) is 5.14. The monoisotopic (exact) mass is 485 g/mol. The molecule has 0 unspecified atom stereocenters. The first kappa shape index (κ1) is 22.4. The molecule has 0 aliphatic carbocycles. The molecule has 3 heterocycles. The predicted molar refractivity (Wildman–Crippen MR) is 115 cm³/mol. The van der Waals surface area contributed by atoms with Gasteiger partial charge >= 0.3 is 11.2 Å². The summed E-state index contributed by atoms with van der Waals surface area (Å²) in [5, 5.41) is 0. The zero-order chi connectivity index (χ0) is 23.6. The van der Waals surface area contributed by atoms with Crippen molar-refractivity contribution in [3.8, 4) is 11.5 Å². The molecular weight excluding hydrogens is 467 g/mol. The molecule has 3 aromatic heterocycles. The Kier molecular flexibility index (Phi) is 5.16. The van der Waals surface area contributed by atoms with Gasteiger partial charge in [-0.3, -0.25) is 9.13 Å². The molecule has 4 aromatic rings. The molecule has 0 saturated heterocycles. The van der Waals surface area contributed by atoms with E-state index in [4.69, 9.17) is 0 Å². The van der Waals surface area contributed by atoms with Crippen LogP contribution < -0.4 is 5.69 Å². The van der Waals surface area contributed by atoms with E-state index in [9.17, 15) is 26.4 Å². The Bertz CT molecular complexity index is 1550. The largest absolute Gasteiger partial charge is 0.446 e. The predicted octanol–water partition coefficient (Wildman–Crippen LogP) is 3.23. The minimum atomic E-state index is -4.45. The Morgan fingerprint density at radius 2 is 1.69 bits per heavy atom.